The Kier molecular flexibility index (Phi) is 3.96. The largest absolute Gasteiger partial charge is 0.397 e. The molecular weight excluding hydrogens is 274 g/mol. The van der Waals surface area contributed by atoms with Crippen molar-refractivity contribution in [3.63, 3.8) is 0 Å². The van der Waals surface area contributed by atoms with E-state index in [0.29, 0.717) is 17.2 Å². The standard InChI is InChI=1S/C14H19N3O2S/c1-8-5-6-16-13-9(8)10(15)11(20-13)12(18)17-14(2,3)7-19-4/h5-6H,7,15H2,1-4H3,(H,17,18). The second kappa shape index (κ2) is 5.38. The van der Waals surface area contributed by atoms with Crippen LogP contribution in [0.25, 0.3) is 10.2 Å². The van der Waals surface area contributed by atoms with E-state index < -0.39 is 5.54 Å². The molecule has 2 heterocycles. The maximum absolute atomic E-state index is 12.4. The lowest BCUT2D eigenvalue weighted by Crippen LogP contribution is -2.46. The van der Waals surface area contributed by atoms with Crippen molar-refractivity contribution in [2.24, 2.45) is 0 Å². The molecule has 2 rings (SSSR count). The molecule has 0 saturated carbocycles. The summed E-state index contributed by atoms with van der Waals surface area (Å²) >= 11 is 1.32. The quantitative estimate of drug-likeness (QED) is 0.907. The summed E-state index contributed by atoms with van der Waals surface area (Å²) in [4.78, 5) is 17.9. The Morgan fingerprint density at radius 1 is 1.55 bits per heavy atom. The number of anilines is 1. The molecule has 5 nitrogen and oxygen atoms in total. The molecule has 0 atom stereocenters. The van der Waals surface area contributed by atoms with Crippen LogP contribution in [-0.2, 0) is 4.74 Å². The van der Waals surface area contributed by atoms with Crippen molar-refractivity contribution in [3.8, 4) is 0 Å². The van der Waals surface area contributed by atoms with Crippen molar-refractivity contribution in [2.45, 2.75) is 26.3 Å². The maximum Gasteiger partial charge on any atom is 0.264 e. The number of thiophene rings is 1. The van der Waals surface area contributed by atoms with Gasteiger partial charge in [0.25, 0.3) is 5.91 Å². The van der Waals surface area contributed by atoms with E-state index in [4.69, 9.17) is 10.5 Å². The first-order valence-electron chi connectivity index (χ1n) is 6.31. The highest BCUT2D eigenvalue weighted by atomic mass is 32.1. The van der Waals surface area contributed by atoms with Gasteiger partial charge >= 0.3 is 0 Å². The number of fused-ring (bicyclic) bond motifs is 1. The summed E-state index contributed by atoms with van der Waals surface area (Å²) in [6.45, 7) is 6.20. The van der Waals surface area contributed by atoms with Crippen LogP contribution in [0, 0.1) is 6.92 Å². The fourth-order valence-electron chi connectivity index (χ4n) is 2.13. The topological polar surface area (TPSA) is 77.2 Å². The van der Waals surface area contributed by atoms with E-state index in [0.717, 1.165) is 15.8 Å². The van der Waals surface area contributed by atoms with E-state index in [1.165, 1.54) is 11.3 Å². The molecular formula is C14H19N3O2S. The number of carbonyl (C=O) groups excluding carboxylic acids is 1. The second-order valence-corrected chi connectivity index (χ2v) is 6.42. The van der Waals surface area contributed by atoms with E-state index in [-0.39, 0.29) is 5.91 Å². The predicted molar refractivity (Wildman–Crippen MR) is 82.2 cm³/mol. The van der Waals surface area contributed by atoms with Gasteiger partial charge < -0.3 is 15.8 Å². The Morgan fingerprint density at radius 2 is 2.25 bits per heavy atom. The third kappa shape index (κ3) is 2.76. The molecule has 0 fully saturated rings. The number of aryl methyl sites for hydroxylation is 1. The first-order chi connectivity index (χ1) is 9.35. The molecule has 0 unspecified atom stereocenters. The minimum Gasteiger partial charge on any atom is -0.397 e. The van der Waals surface area contributed by atoms with Crippen LogP contribution in [0.5, 0.6) is 0 Å². The van der Waals surface area contributed by atoms with Crippen molar-refractivity contribution in [3.05, 3.63) is 22.7 Å². The smallest absolute Gasteiger partial charge is 0.264 e. The minimum atomic E-state index is -0.447. The number of nitrogens with zero attached hydrogens (tertiary/aromatic N) is 1. The van der Waals surface area contributed by atoms with Gasteiger partial charge in [0.1, 0.15) is 9.71 Å². The lowest BCUT2D eigenvalue weighted by molar-refractivity contribution is 0.0824. The molecule has 0 saturated heterocycles. The van der Waals surface area contributed by atoms with Gasteiger partial charge in [-0.3, -0.25) is 4.79 Å². The Bertz CT molecular complexity index is 649. The number of rotatable bonds is 4. The van der Waals surface area contributed by atoms with E-state index in [9.17, 15) is 4.79 Å². The number of nitrogens with two attached hydrogens (primary N) is 1. The highest BCUT2D eigenvalue weighted by molar-refractivity contribution is 7.21. The maximum atomic E-state index is 12.4. The zero-order chi connectivity index (χ0) is 14.9. The number of nitrogen functional groups attached to an aromatic ring is 1. The highest BCUT2D eigenvalue weighted by Crippen LogP contribution is 2.34. The van der Waals surface area contributed by atoms with Crippen LogP contribution in [0.15, 0.2) is 12.3 Å². The summed E-state index contributed by atoms with van der Waals surface area (Å²) in [5.41, 5.74) is 7.19. The number of ether oxygens (including phenoxy) is 1. The Labute approximate surface area is 122 Å². The number of hydrogen-bond acceptors (Lipinski definition) is 5. The first-order valence-corrected chi connectivity index (χ1v) is 7.12. The molecule has 0 aromatic carbocycles. The number of aromatic nitrogens is 1. The fraction of sp³-hybridized carbons (Fsp3) is 0.429. The van der Waals surface area contributed by atoms with Crippen molar-refractivity contribution in [1.82, 2.24) is 10.3 Å². The van der Waals surface area contributed by atoms with Crippen LogP contribution >= 0.6 is 11.3 Å². The average molecular weight is 293 g/mol. The van der Waals surface area contributed by atoms with Gasteiger partial charge in [0.15, 0.2) is 0 Å². The number of amides is 1. The zero-order valence-corrected chi connectivity index (χ0v) is 12.9. The SMILES string of the molecule is COCC(C)(C)NC(=O)c1sc2nccc(C)c2c1N. The zero-order valence-electron chi connectivity index (χ0n) is 12.1. The lowest BCUT2D eigenvalue weighted by atomic mass is 10.1. The molecule has 2 aromatic heterocycles. The summed E-state index contributed by atoms with van der Waals surface area (Å²) in [5.74, 6) is -0.188. The van der Waals surface area contributed by atoms with Gasteiger partial charge in [0.05, 0.1) is 17.8 Å². The number of pyridine rings is 1. The van der Waals surface area contributed by atoms with E-state index in [1.807, 2.05) is 26.8 Å². The normalized spacial score (nSPS) is 11.8. The van der Waals surface area contributed by atoms with E-state index >= 15 is 0 Å². The monoisotopic (exact) mass is 293 g/mol. The minimum absolute atomic E-state index is 0.188. The summed E-state index contributed by atoms with van der Waals surface area (Å²) < 4.78 is 5.10. The summed E-state index contributed by atoms with van der Waals surface area (Å²) in [7, 11) is 1.61. The number of methoxy groups -OCH3 is 1. The number of carbonyl (C=O) groups is 1. The summed E-state index contributed by atoms with van der Waals surface area (Å²) in [5, 5.41) is 3.80. The van der Waals surface area contributed by atoms with Gasteiger partial charge in [-0.25, -0.2) is 4.98 Å². The van der Waals surface area contributed by atoms with Crippen molar-refractivity contribution < 1.29 is 9.53 Å². The van der Waals surface area contributed by atoms with E-state index in [1.54, 1.807) is 13.3 Å². The molecule has 0 bridgehead atoms. The number of nitrogens with one attached hydrogen (secondary N) is 1. The molecule has 6 heteroatoms. The van der Waals surface area contributed by atoms with Crippen LogP contribution in [0.4, 0.5) is 5.69 Å². The fourth-order valence-corrected chi connectivity index (χ4v) is 3.17. The molecule has 3 N–H and O–H groups in total. The summed E-state index contributed by atoms with van der Waals surface area (Å²) in [6.07, 6.45) is 1.73. The second-order valence-electron chi connectivity index (χ2n) is 5.42. The highest BCUT2D eigenvalue weighted by Gasteiger charge is 2.25. The molecule has 0 aliphatic carbocycles. The predicted octanol–water partition coefficient (Wildman–Crippen LogP) is 2.34. The van der Waals surface area contributed by atoms with Crippen molar-refractivity contribution in [1.29, 1.82) is 0 Å². The number of hydrogen-bond donors (Lipinski definition) is 2. The molecule has 108 valence electrons. The third-order valence-corrected chi connectivity index (χ3v) is 4.11. The molecule has 0 aliphatic rings. The van der Waals surface area contributed by atoms with Crippen LogP contribution in [-0.4, -0.2) is 30.1 Å². The van der Waals surface area contributed by atoms with Gasteiger partial charge in [0.2, 0.25) is 0 Å². The third-order valence-electron chi connectivity index (χ3n) is 3.00. The molecule has 1 amide bonds. The lowest BCUT2D eigenvalue weighted by Gasteiger charge is -2.24. The van der Waals surface area contributed by atoms with E-state index in [2.05, 4.69) is 10.3 Å². The Balaban J connectivity index is 2.36. The Hall–Kier alpha value is -1.66. The summed E-state index contributed by atoms with van der Waals surface area (Å²) in [6, 6.07) is 1.89. The molecule has 0 radical (unpaired) electrons. The van der Waals surface area contributed by atoms with Gasteiger partial charge in [0, 0.05) is 18.7 Å². The molecule has 2 aromatic rings. The molecule has 0 spiro atoms. The van der Waals surface area contributed by atoms with Crippen LogP contribution in [0.2, 0.25) is 0 Å². The van der Waals surface area contributed by atoms with Crippen molar-refractivity contribution >= 4 is 33.1 Å². The van der Waals surface area contributed by atoms with Gasteiger partial charge in [-0.2, -0.15) is 0 Å². The van der Waals surface area contributed by atoms with Gasteiger partial charge in [-0.1, -0.05) is 0 Å². The average Bonchev–Trinajstić information content (AvgIpc) is 2.67. The van der Waals surface area contributed by atoms with Crippen LogP contribution in [0.3, 0.4) is 0 Å². The molecule has 20 heavy (non-hydrogen) atoms. The van der Waals surface area contributed by atoms with Gasteiger partial charge in [-0.05, 0) is 32.4 Å². The Morgan fingerprint density at radius 3 is 2.85 bits per heavy atom. The van der Waals surface area contributed by atoms with Gasteiger partial charge in [-0.15, -0.1) is 11.3 Å². The first kappa shape index (κ1) is 14.7. The van der Waals surface area contributed by atoms with Crippen LogP contribution < -0.4 is 11.1 Å². The molecule has 0 aliphatic heterocycles. The van der Waals surface area contributed by atoms with Crippen LogP contribution in [0.1, 0.15) is 29.1 Å². The van der Waals surface area contributed by atoms with Crippen molar-refractivity contribution in [2.75, 3.05) is 19.5 Å².